The van der Waals surface area contributed by atoms with E-state index in [2.05, 4.69) is 20.0 Å². The second-order valence-corrected chi connectivity index (χ2v) is 5.41. The van der Waals surface area contributed by atoms with E-state index in [-0.39, 0.29) is 18.8 Å². The molecule has 1 fully saturated rings. The van der Waals surface area contributed by atoms with Gasteiger partial charge in [0, 0.05) is 6.04 Å². The first-order chi connectivity index (χ1) is 10.6. The average Bonchev–Trinajstić information content (AvgIpc) is 2.51. The third kappa shape index (κ3) is 4.84. The predicted molar refractivity (Wildman–Crippen MR) is 78.5 cm³/mol. The Balaban J connectivity index is 1.74. The summed E-state index contributed by atoms with van der Waals surface area (Å²) in [4.78, 5) is 30.8. The van der Waals surface area contributed by atoms with Crippen LogP contribution in [0.25, 0.3) is 0 Å². The molecule has 1 aromatic heterocycles. The Labute approximate surface area is 133 Å². The molecule has 1 aromatic rings. The van der Waals surface area contributed by atoms with Crippen LogP contribution in [0.3, 0.4) is 0 Å². The number of halogens is 1. The Hall–Kier alpha value is -1.89. The van der Waals surface area contributed by atoms with Crippen LogP contribution in [0.2, 0.25) is 5.02 Å². The van der Waals surface area contributed by atoms with E-state index in [9.17, 15) is 9.59 Å². The molecule has 22 heavy (non-hydrogen) atoms. The van der Waals surface area contributed by atoms with Crippen molar-refractivity contribution in [2.45, 2.75) is 44.8 Å². The normalized spacial score (nSPS) is 21.0. The molecule has 1 aliphatic carbocycles. The third-order valence-electron chi connectivity index (χ3n) is 3.34. The number of hydrogen-bond donors (Lipinski definition) is 1. The highest BCUT2D eigenvalue weighted by molar-refractivity contribution is 6.32. The fourth-order valence-corrected chi connectivity index (χ4v) is 2.37. The maximum Gasteiger partial charge on any atom is 0.396 e. The molecule has 0 unspecified atom stereocenters. The predicted octanol–water partition coefficient (Wildman–Crippen LogP) is 1.50. The number of carbonyl (C=O) groups excluding carboxylic acids is 2. The van der Waals surface area contributed by atoms with Crippen LogP contribution in [0.4, 0.5) is 0 Å². The number of esters is 1. The van der Waals surface area contributed by atoms with E-state index in [4.69, 9.17) is 16.3 Å². The topological polar surface area (TPSA) is 90.4 Å². The number of carbonyl (C=O) groups is 2. The fourth-order valence-electron chi connectivity index (χ4n) is 2.28. The van der Waals surface area contributed by atoms with Crippen LogP contribution in [0.5, 0.6) is 6.01 Å². The van der Waals surface area contributed by atoms with Crippen molar-refractivity contribution in [1.29, 1.82) is 0 Å². The van der Waals surface area contributed by atoms with Crippen molar-refractivity contribution in [3.8, 4) is 6.01 Å². The van der Waals surface area contributed by atoms with E-state index in [0.29, 0.717) is 11.0 Å². The van der Waals surface area contributed by atoms with Crippen molar-refractivity contribution in [3.05, 3.63) is 17.4 Å². The quantitative estimate of drug-likeness (QED) is 0.665. The minimum Gasteiger partial charge on any atom is -0.460 e. The number of amides is 1. The first-order valence-corrected chi connectivity index (χ1v) is 7.58. The highest BCUT2D eigenvalue weighted by Crippen LogP contribution is 2.22. The van der Waals surface area contributed by atoms with Gasteiger partial charge in [-0.15, -0.1) is 0 Å². The largest absolute Gasteiger partial charge is 0.460 e. The van der Waals surface area contributed by atoms with Crippen LogP contribution < -0.4 is 10.1 Å². The molecule has 0 bridgehead atoms. The van der Waals surface area contributed by atoms with Gasteiger partial charge in [-0.2, -0.15) is 0 Å². The minimum atomic E-state index is -0.838. The number of aromatic nitrogens is 2. The highest BCUT2D eigenvalue weighted by Gasteiger charge is 2.26. The molecule has 2 rings (SSSR count). The lowest BCUT2D eigenvalue weighted by atomic mass is 9.93. The summed E-state index contributed by atoms with van der Waals surface area (Å²) in [5, 5.41) is 3.13. The zero-order chi connectivity index (χ0) is 15.9. The molecule has 1 aliphatic rings. The smallest absolute Gasteiger partial charge is 0.396 e. The van der Waals surface area contributed by atoms with Crippen LogP contribution in [0.1, 0.15) is 32.6 Å². The Morgan fingerprint density at radius 3 is 2.50 bits per heavy atom. The van der Waals surface area contributed by atoms with Gasteiger partial charge in [-0.25, -0.2) is 14.8 Å². The molecule has 1 N–H and O–H groups in total. The third-order valence-corrected chi connectivity index (χ3v) is 3.53. The van der Waals surface area contributed by atoms with Crippen molar-refractivity contribution in [2.24, 2.45) is 0 Å². The van der Waals surface area contributed by atoms with E-state index in [1.54, 1.807) is 6.92 Å². The lowest BCUT2D eigenvalue weighted by molar-refractivity contribution is -0.155. The SMILES string of the molecule is CCOC(=O)C(=O)NC1CCC(Oc2ncc(Cl)cn2)CC1. The van der Waals surface area contributed by atoms with Crippen molar-refractivity contribution in [3.63, 3.8) is 0 Å². The zero-order valence-corrected chi connectivity index (χ0v) is 13.0. The van der Waals surface area contributed by atoms with Crippen LogP contribution in [-0.2, 0) is 14.3 Å². The lowest BCUT2D eigenvalue weighted by Gasteiger charge is -2.28. The zero-order valence-electron chi connectivity index (χ0n) is 12.3. The van der Waals surface area contributed by atoms with Gasteiger partial charge in [-0.3, -0.25) is 4.79 Å². The Bertz CT molecular complexity index is 515. The molecule has 0 saturated heterocycles. The van der Waals surface area contributed by atoms with Crippen molar-refractivity contribution in [2.75, 3.05) is 6.61 Å². The summed E-state index contributed by atoms with van der Waals surface area (Å²) in [5.74, 6) is -1.53. The van der Waals surface area contributed by atoms with E-state index in [1.165, 1.54) is 12.4 Å². The lowest BCUT2D eigenvalue weighted by Crippen LogP contribution is -2.43. The summed E-state index contributed by atoms with van der Waals surface area (Å²) in [6.07, 6.45) is 5.91. The Morgan fingerprint density at radius 2 is 1.91 bits per heavy atom. The maximum atomic E-state index is 11.6. The molecule has 1 amide bonds. The number of nitrogens with zero attached hydrogens (tertiary/aromatic N) is 2. The van der Waals surface area contributed by atoms with E-state index >= 15 is 0 Å². The van der Waals surface area contributed by atoms with Crippen LogP contribution in [0, 0.1) is 0 Å². The van der Waals surface area contributed by atoms with Crippen LogP contribution >= 0.6 is 11.6 Å². The van der Waals surface area contributed by atoms with Gasteiger partial charge in [0.1, 0.15) is 6.10 Å². The maximum absolute atomic E-state index is 11.6. The monoisotopic (exact) mass is 327 g/mol. The average molecular weight is 328 g/mol. The van der Waals surface area contributed by atoms with Crippen molar-refractivity contribution >= 4 is 23.5 Å². The second-order valence-electron chi connectivity index (χ2n) is 4.97. The fraction of sp³-hybridized carbons (Fsp3) is 0.571. The number of rotatable bonds is 4. The minimum absolute atomic E-state index is 0.00285. The van der Waals surface area contributed by atoms with E-state index in [1.807, 2.05) is 0 Å². The molecule has 1 saturated carbocycles. The summed E-state index contributed by atoms with van der Waals surface area (Å²) in [6.45, 7) is 1.85. The first-order valence-electron chi connectivity index (χ1n) is 7.20. The molecule has 0 aliphatic heterocycles. The molecule has 8 heteroatoms. The number of nitrogens with one attached hydrogen (secondary N) is 1. The molecule has 0 atom stereocenters. The molecule has 0 radical (unpaired) electrons. The summed E-state index contributed by atoms with van der Waals surface area (Å²) in [6, 6.07) is 0.256. The molecule has 7 nitrogen and oxygen atoms in total. The van der Waals surface area contributed by atoms with Gasteiger partial charge < -0.3 is 14.8 Å². The van der Waals surface area contributed by atoms with E-state index < -0.39 is 11.9 Å². The number of hydrogen-bond acceptors (Lipinski definition) is 6. The van der Waals surface area contributed by atoms with Gasteiger partial charge in [-0.05, 0) is 32.6 Å². The second kappa shape index (κ2) is 7.93. The van der Waals surface area contributed by atoms with Crippen molar-refractivity contribution in [1.82, 2.24) is 15.3 Å². The van der Waals surface area contributed by atoms with Gasteiger partial charge in [0.05, 0.1) is 24.0 Å². The Kier molecular flexibility index (Phi) is 5.94. The van der Waals surface area contributed by atoms with Crippen LogP contribution in [0.15, 0.2) is 12.4 Å². The molecular weight excluding hydrogens is 310 g/mol. The van der Waals surface area contributed by atoms with Gasteiger partial charge in [0.2, 0.25) is 0 Å². The number of ether oxygens (including phenoxy) is 2. The van der Waals surface area contributed by atoms with Crippen molar-refractivity contribution < 1.29 is 19.1 Å². The summed E-state index contributed by atoms with van der Waals surface area (Å²) < 4.78 is 10.3. The standard InChI is InChI=1S/C14H18ClN3O4/c1-2-21-13(20)12(19)18-10-3-5-11(6-4-10)22-14-16-7-9(15)8-17-14/h7-8,10-11H,2-6H2,1H3,(H,18,19). The highest BCUT2D eigenvalue weighted by atomic mass is 35.5. The first kappa shape index (κ1) is 16.5. The summed E-state index contributed by atoms with van der Waals surface area (Å²) >= 11 is 5.71. The molecular formula is C14H18ClN3O4. The summed E-state index contributed by atoms with van der Waals surface area (Å²) in [7, 11) is 0. The molecule has 0 spiro atoms. The van der Waals surface area contributed by atoms with E-state index in [0.717, 1.165) is 25.7 Å². The van der Waals surface area contributed by atoms with Crippen LogP contribution in [-0.4, -0.2) is 40.6 Å². The van der Waals surface area contributed by atoms with Gasteiger partial charge in [0.25, 0.3) is 0 Å². The molecule has 120 valence electrons. The Morgan fingerprint density at radius 1 is 1.27 bits per heavy atom. The van der Waals surface area contributed by atoms with Gasteiger partial charge in [-0.1, -0.05) is 11.6 Å². The van der Waals surface area contributed by atoms with Gasteiger partial charge in [0.15, 0.2) is 0 Å². The molecule has 1 heterocycles. The van der Waals surface area contributed by atoms with Gasteiger partial charge >= 0.3 is 17.9 Å². The molecule has 0 aromatic carbocycles. The summed E-state index contributed by atoms with van der Waals surface area (Å²) in [5.41, 5.74) is 0.